The number of nitrogens with zero attached hydrogens (tertiary/aromatic N) is 8. The van der Waals surface area contributed by atoms with Crippen molar-refractivity contribution in [1.29, 1.82) is 0 Å². The van der Waals surface area contributed by atoms with E-state index in [1.807, 2.05) is 92.7 Å². The Hall–Kier alpha value is -8.90. The number of methoxy groups -OCH3 is 2. The SMILES string of the molecule is C#Cc1cnc(-c2ccccn2)nc1OCc1ccc(OC)cc1.COC(=O)c1ccc(-c2cc(-c3cnc(-c4ccccn4)nc3C)on2)cc1.Cc1ccc(/C(Cl)=N\O)cc1.O=C=O. The Bertz CT molecular complexity index is 2920. The fourth-order valence-corrected chi connectivity index (χ4v) is 5.70. The molecular weight excluding hydrogens is 864 g/mol. The Morgan fingerprint density at radius 3 is 1.92 bits per heavy atom. The van der Waals surface area contributed by atoms with Gasteiger partial charge in [0.2, 0.25) is 5.88 Å². The van der Waals surface area contributed by atoms with E-state index in [0.717, 1.165) is 39.3 Å². The van der Waals surface area contributed by atoms with Gasteiger partial charge in [0.25, 0.3) is 0 Å². The van der Waals surface area contributed by atoms with Gasteiger partial charge in [-0.2, -0.15) is 14.6 Å². The first-order valence-corrected chi connectivity index (χ1v) is 19.8. The molecule has 5 heterocycles. The minimum Gasteiger partial charge on any atom is -0.497 e. The zero-order chi connectivity index (χ0) is 47.3. The number of oxime groups is 1. The number of esters is 1. The van der Waals surface area contributed by atoms with Crippen LogP contribution in [-0.2, 0) is 20.9 Å². The molecule has 0 aliphatic rings. The van der Waals surface area contributed by atoms with Crippen LogP contribution in [0.15, 0.2) is 150 Å². The van der Waals surface area contributed by atoms with E-state index in [9.17, 15) is 4.79 Å². The fourth-order valence-electron chi connectivity index (χ4n) is 5.58. The molecule has 330 valence electrons. The second-order valence-corrected chi connectivity index (χ2v) is 13.7. The number of carbonyl (C=O) groups is 1. The number of benzene rings is 3. The van der Waals surface area contributed by atoms with Crippen molar-refractivity contribution in [3.63, 3.8) is 0 Å². The van der Waals surface area contributed by atoms with Crippen LogP contribution in [0.2, 0.25) is 0 Å². The standard InChI is InChI=1S/C21H16N4O3.C19H15N3O2.C8H8ClNO.CO2/c1-13-16(12-23-20(24-13)17-5-3-4-10-22-17)19-11-18(25-28-19)14-6-8-15(9-7-14)21(26)27-2;1-3-15-12-21-18(17-6-4-5-11-20-17)22-19(15)24-13-14-7-9-16(23-2)10-8-14;1-6-2-4-7(5-3-6)8(9)10-11;2-1-3/h3-12H,1-2H3;1,4-12H,13H2,2H3;2-5,11H,1H3;/b;;10-8+;. The third-order valence-corrected chi connectivity index (χ3v) is 9.26. The highest BCUT2D eigenvalue weighted by Crippen LogP contribution is 2.28. The Morgan fingerprint density at radius 2 is 1.38 bits per heavy atom. The maximum atomic E-state index is 11.5. The van der Waals surface area contributed by atoms with Gasteiger partial charge in [0.15, 0.2) is 22.6 Å². The molecule has 0 bridgehead atoms. The third-order valence-electron chi connectivity index (χ3n) is 8.97. The summed E-state index contributed by atoms with van der Waals surface area (Å²) in [4.78, 5) is 53.9. The lowest BCUT2D eigenvalue weighted by Crippen LogP contribution is -2.02. The summed E-state index contributed by atoms with van der Waals surface area (Å²) in [5, 5.41) is 15.4. The van der Waals surface area contributed by atoms with Crippen LogP contribution in [0.3, 0.4) is 0 Å². The van der Waals surface area contributed by atoms with E-state index in [-0.39, 0.29) is 17.3 Å². The molecule has 0 aliphatic heterocycles. The average molecular weight is 903 g/mol. The Morgan fingerprint density at radius 1 is 0.773 bits per heavy atom. The van der Waals surface area contributed by atoms with Crippen LogP contribution >= 0.6 is 11.6 Å². The summed E-state index contributed by atoms with van der Waals surface area (Å²) in [6.45, 7) is 4.21. The molecule has 0 radical (unpaired) electrons. The van der Waals surface area contributed by atoms with Crippen molar-refractivity contribution in [2.45, 2.75) is 20.5 Å². The minimum absolute atomic E-state index is 0.116. The van der Waals surface area contributed by atoms with Gasteiger partial charge in [0, 0.05) is 35.8 Å². The van der Waals surface area contributed by atoms with Crippen molar-refractivity contribution in [2.75, 3.05) is 14.2 Å². The molecule has 0 atom stereocenters. The predicted molar refractivity (Wildman–Crippen MR) is 243 cm³/mol. The van der Waals surface area contributed by atoms with Crippen molar-refractivity contribution in [3.8, 4) is 69.6 Å². The molecule has 17 heteroatoms. The molecule has 0 spiro atoms. The zero-order valence-corrected chi connectivity index (χ0v) is 36.6. The molecule has 8 rings (SSSR count). The number of pyridine rings is 2. The molecule has 0 amide bonds. The second-order valence-electron chi connectivity index (χ2n) is 13.3. The molecule has 66 heavy (non-hydrogen) atoms. The number of hydrogen-bond acceptors (Lipinski definition) is 16. The van der Waals surface area contributed by atoms with Gasteiger partial charge in [0.05, 0.1) is 37.2 Å². The Kier molecular flexibility index (Phi) is 18.0. The largest absolute Gasteiger partial charge is 0.497 e. The van der Waals surface area contributed by atoms with Crippen LogP contribution in [0, 0.1) is 26.2 Å². The van der Waals surface area contributed by atoms with Crippen LogP contribution in [-0.4, -0.2) is 71.8 Å². The maximum absolute atomic E-state index is 11.5. The summed E-state index contributed by atoms with van der Waals surface area (Å²) in [6, 6.07) is 34.9. The molecule has 0 saturated heterocycles. The van der Waals surface area contributed by atoms with Gasteiger partial charge < -0.3 is 23.9 Å². The summed E-state index contributed by atoms with van der Waals surface area (Å²) in [6.07, 6.45) is 12.4. The predicted octanol–water partition coefficient (Wildman–Crippen LogP) is 8.85. The molecule has 5 aromatic heterocycles. The quantitative estimate of drug-likeness (QED) is 0.0446. The Balaban J connectivity index is 0.000000194. The van der Waals surface area contributed by atoms with Crippen molar-refractivity contribution in [1.82, 2.24) is 35.1 Å². The first-order valence-electron chi connectivity index (χ1n) is 19.5. The van der Waals surface area contributed by atoms with Gasteiger partial charge in [-0.3, -0.25) is 9.97 Å². The van der Waals surface area contributed by atoms with Crippen LogP contribution < -0.4 is 9.47 Å². The lowest BCUT2D eigenvalue weighted by molar-refractivity contribution is -0.191. The minimum atomic E-state index is -0.381. The summed E-state index contributed by atoms with van der Waals surface area (Å²) in [5.41, 5.74) is 8.20. The molecule has 0 aliphatic carbocycles. The number of aromatic nitrogens is 7. The molecule has 0 fully saturated rings. The smallest absolute Gasteiger partial charge is 0.373 e. The van der Waals surface area contributed by atoms with E-state index in [1.165, 1.54) is 7.11 Å². The number of halogens is 1. The van der Waals surface area contributed by atoms with E-state index in [2.05, 4.69) is 46.1 Å². The maximum Gasteiger partial charge on any atom is 0.373 e. The third kappa shape index (κ3) is 13.5. The van der Waals surface area contributed by atoms with E-state index in [0.29, 0.717) is 58.1 Å². The summed E-state index contributed by atoms with van der Waals surface area (Å²) >= 11 is 5.54. The summed E-state index contributed by atoms with van der Waals surface area (Å²) < 4.78 is 21.1. The van der Waals surface area contributed by atoms with Crippen LogP contribution in [0.4, 0.5) is 0 Å². The number of rotatable bonds is 10. The molecule has 8 aromatic rings. The zero-order valence-electron chi connectivity index (χ0n) is 35.8. The first kappa shape index (κ1) is 48.1. The van der Waals surface area contributed by atoms with Gasteiger partial charge >= 0.3 is 12.1 Å². The van der Waals surface area contributed by atoms with Crippen LogP contribution in [0.5, 0.6) is 11.6 Å². The van der Waals surface area contributed by atoms with Gasteiger partial charge in [-0.05, 0) is 67.9 Å². The van der Waals surface area contributed by atoms with E-state index >= 15 is 0 Å². The monoisotopic (exact) mass is 902 g/mol. The second kappa shape index (κ2) is 24.7. The normalized spacial score (nSPS) is 10.2. The number of carbonyl (C=O) groups excluding carboxylic acids is 3. The molecule has 0 saturated carbocycles. The molecule has 1 N–H and O–H groups in total. The number of aryl methyl sites for hydroxylation is 2. The number of terminal acetylenes is 1. The van der Waals surface area contributed by atoms with Crippen LogP contribution in [0.25, 0.3) is 45.6 Å². The highest BCUT2D eigenvalue weighted by atomic mass is 35.5. The van der Waals surface area contributed by atoms with Crippen molar-refractivity contribution >= 4 is 28.9 Å². The van der Waals surface area contributed by atoms with E-state index in [1.54, 1.807) is 68.3 Å². The summed E-state index contributed by atoms with van der Waals surface area (Å²) in [7, 11) is 2.98. The highest BCUT2D eigenvalue weighted by Gasteiger charge is 2.15. The van der Waals surface area contributed by atoms with E-state index < -0.39 is 0 Å². The average Bonchev–Trinajstić information content (AvgIpc) is 3.87. The number of hydrogen-bond donors (Lipinski definition) is 1. The fraction of sp³-hybridized carbons (Fsp3) is 0.102. The lowest BCUT2D eigenvalue weighted by atomic mass is 10.1. The first-order chi connectivity index (χ1) is 32.1. The molecule has 3 aromatic carbocycles. The summed E-state index contributed by atoms with van der Waals surface area (Å²) in [5.74, 6) is 4.91. The van der Waals surface area contributed by atoms with Gasteiger partial charge in [-0.15, -0.1) is 6.42 Å². The van der Waals surface area contributed by atoms with Crippen molar-refractivity contribution in [2.24, 2.45) is 5.16 Å². The van der Waals surface area contributed by atoms with Crippen molar-refractivity contribution in [3.05, 3.63) is 174 Å². The van der Waals surface area contributed by atoms with Gasteiger partial charge in [0.1, 0.15) is 35.0 Å². The Labute approximate surface area is 384 Å². The highest BCUT2D eigenvalue weighted by molar-refractivity contribution is 6.69. The van der Waals surface area contributed by atoms with Gasteiger partial charge in [-0.25, -0.2) is 19.7 Å². The van der Waals surface area contributed by atoms with Crippen molar-refractivity contribution < 1.29 is 38.3 Å². The lowest BCUT2D eigenvalue weighted by Gasteiger charge is -2.09. The topological polar surface area (TPSA) is 215 Å². The van der Waals surface area contributed by atoms with E-state index in [4.69, 9.17) is 51.6 Å². The van der Waals surface area contributed by atoms with Crippen LogP contribution in [0.1, 0.15) is 38.3 Å². The number of ether oxygens (including phenoxy) is 3. The molecule has 16 nitrogen and oxygen atoms in total. The molecular formula is C49H39ClN8O8. The van der Waals surface area contributed by atoms with Gasteiger partial charge in [-0.1, -0.05) is 94.1 Å². The molecule has 0 unspecified atom stereocenters.